The summed E-state index contributed by atoms with van der Waals surface area (Å²) < 4.78 is 11.0. The van der Waals surface area contributed by atoms with Crippen LogP contribution in [-0.2, 0) is 4.74 Å². The standard InChI is InChI=1S/C15H20N2O3/c1-15(2)10-17(8-13(9-18)20-15)14-6-12(19-3)5-4-11(14)7-16/h4-6,13,18H,8-10H2,1-3H3. The average molecular weight is 276 g/mol. The van der Waals surface area contributed by atoms with Crippen LogP contribution in [0.15, 0.2) is 18.2 Å². The van der Waals surface area contributed by atoms with Crippen molar-refractivity contribution in [2.75, 3.05) is 31.7 Å². The number of methoxy groups -OCH3 is 1. The van der Waals surface area contributed by atoms with Crippen molar-refractivity contribution in [3.8, 4) is 11.8 Å². The Labute approximate surface area is 119 Å². The first-order chi connectivity index (χ1) is 9.49. The van der Waals surface area contributed by atoms with E-state index in [1.54, 1.807) is 19.2 Å². The summed E-state index contributed by atoms with van der Waals surface area (Å²) in [4.78, 5) is 2.07. The SMILES string of the molecule is COc1ccc(C#N)c(N2CC(CO)OC(C)(C)C2)c1. The summed E-state index contributed by atoms with van der Waals surface area (Å²) in [7, 11) is 1.60. The number of nitriles is 1. The van der Waals surface area contributed by atoms with Gasteiger partial charge in [0, 0.05) is 19.2 Å². The lowest BCUT2D eigenvalue weighted by molar-refractivity contribution is -0.101. The normalized spacial score (nSPS) is 21.4. The van der Waals surface area contributed by atoms with Crippen molar-refractivity contribution in [1.29, 1.82) is 5.26 Å². The van der Waals surface area contributed by atoms with Crippen LogP contribution >= 0.6 is 0 Å². The molecule has 2 rings (SSSR count). The second-order valence-electron chi connectivity index (χ2n) is 5.56. The van der Waals surface area contributed by atoms with Gasteiger partial charge in [-0.2, -0.15) is 5.26 Å². The highest BCUT2D eigenvalue weighted by Crippen LogP contribution is 2.31. The van der Waals surface area contributed by atoms with E-state index in [0.29, 0.717) is 24.4 Å². The van der Waals surface area contributed by atoms with Crippen molar-refractivity contribution >= 4 is 5.69 Å². The molecular weight excluding hydrogens is 256 g/mol. The third-order valence-corrected chi connectivity index (χ3v) is 3.35. The van der Waals surface area contributed by atoms with Crippen LogP contribution in [0.2, 0.25) is 0 Å². The van der Waals surface area contributed by atoms with Crippen molar-refractivity contribution in [2.45, 2.75) is 25.6 Å². The van der Waals surface area contributed by atoms with Crippen molar-refractivity contribution in [3.63, 3.8) is 0 Å². The molecule has 0 bridgehead atoms. The molecule has 0 aromatic heterocycles. The zero-order valence-electron chi connectivity index (χ0n) is 12.1. The Kier molecular flexibility index (Phi) is 4.17. The highest BCUT2D eigenvalue weighted by atomic mass is 16.5. The van der Waals surface area contributed by atoms with Crippen LogP contribution in [0.3, 0.4) is 0 Å². The zero-order chi connectivity index (χ0) is 14.8. The predicted octanol–water partition coefficient (Wildman–Crippen LogP) is 1.54. The van der Waals surface area contributed by atoms with E-state index in [1.165, 1.54) is 0 Å². The minimum atomic E-state index is -0.374. The Hall–Kier alpha value is -1.77. The zero-order valence-corrected chi connectivity index (χ0v) is 12.1. The molecule has 1 aliphatic heterocycles. The van der Waals surface area contributed by atoms with Crippen molar-refractivity contribution in [1.82, 2.24) is 0 Å². The molecule has 108 valence electrons. The third-order valence-electron chi connectivity index (χ3n) is 3.35. The van der Waals surface area contributed by atoms with E-state index in [9.17, 15) is 10.4 Å². The Balaban J connectivity index is 2.36. The molecule has 1 aliphatic rings. The van der Waals surface area contributed by atoms with E-state index < -0.39 is 0 Å². The monoisotopic (exact) mass is 276 g/mol. The Morgan fingerprint density at radius 3 is 2.90 bits per heavy atom. The van der Waals surface area contributed by atoms with E-state index >= 15 is 0 Å². The highest BCUT2D eigenvalue weighted by molar-refractivity contribution is 5.62. The molecule has 1 aromatic rings. The van der Waals surface area contributed by atoms with Gasteiger partial charge in [-0.15, -0.1) is 0 Å². The fourth-order valence-electron chi connectivity index (χ4n) is 2.57. The van der Waals surface area contributed by atoms with Crippen LogP contribution < -0.4 is 9.64 Å². The molecule has 1 saturated heterocycles. The number of hydrogen-bond donors (Lipinski definition) is 1. The number of aliphatic hydroxyl groups excluding tert-OH is 1. The summed E-state index contributed by atoms with van der Waals surface area (Å²) in [6.45, 7) is 5.14. The van der Waals surface area contributed by atoms with E-state index in [1.807, 2.05) is 19.9 Å². The van der Waals surface area contributed by atoms with Gasteiger partial charge in [-0.1, -0.05) is 0 Å². The summed E-state index contributed by atoms with van der Waals surface area (Å²) in [6.07, 6.45) is -0.253. The van der Waals surface area contributed by atoms with Crippen molar-refractivity contribution in [3.05, 3.63) is 23.8 Å². The van der Waals surface area contributed by atoms with Crippen LogP contribution in [0.4, 0.5) is 5.69 Å². The molecule has 20 heavy (non-hydrogen) atoms. The summed E-state index contributed by atoms with van der Waals surface area (Å²) in [6, 6.07) is 7.59. The van der Waals surface area contributed by atoms with Gasteiger partial charge in [0.1, 0.15) is 11.8 Å². The maximum absolute atomic E-state index is 9.37. The van der Waals surface area contributed by atoms with Crippen LogP contribution in [0.5, 0.6) is 5.75 Å². The minimum absolute atomic E-state index is 0.0359. The van der Waals surface area contributed by atoms with Gasteiger partial charge in [-0.3, -0.25) is 0 Å². The fraction of sp³-hybridized carbons (Fsp3) is 0.533. The lowest BCUT2D eigenvalue weighted by Crippen LogP contribution is -2.54. The molecule has 1 unspecified atom stereocenters. The second-order valence-corrected chi connectivity index (χ2v) is 5.56. The molecule has 0 amide bonds. The van der Waals surface area contributed by atoms with Crippen LogP contribution in [-0.4, -0.2) is 43.6 Å². The molecule has 0 spiro atoms. The van der Waals surface area contributed by atoms with Gasteiger partial charge in [0.2, 0.25) is 0 Å². The first-order valence-electron chi connectivity index (χ1n) is 6.61. The number of aliphatic hydroxyl groups is 1. The van der Waals surface area contributed by atoms with E-state index in [4.69, 9.17) is 9.47 Å². The van der Waals surface area contributed by atoms with Gasteiger partial charge in [0.25, 0.3) is 0 Å². The van der Waals surface area contributed by atoms with Crippen molar-refractivity contribution in [2.24, 2.45) is 0 Å². The number of nitrogens with zero attached hydrogens (tertiary/aromatic N) is 2. The smallest absolute Gasteiger partial charge is 0.121 e. The Morgan fingerprint density at radius 1 is 1.55 bits per heavy atom. The number of benzene rings is 1. The maximum Gasteiger partial charge on any atom is 0.121 e. The molecular formula is C15H20N2O3. The van der Waals surface area contributed by atoms with Gasteiger partial charge < -0.3 is 19.5 Å². The van der Waals surface area contributed by atoms with Gasteiger partial charge in [0.15, 0.2) is 0 Å². The fourth-order valence-corrected chi connectivity index (χ4v) is 2.57. The molecule has 5 nitrogen and oxygen atoms in total. The first kappa shape index (κ1) is 14.6. The number of rotatable bonds is 3. The summed E-state index contributed by atoms with van der Waals surface area (Å²) in [5, 5.41) is 18.6. The van der Waals surface area contributed by atoms with Crippen LogP contribution in [0.1, 0.15) is 19.4 Å². The number of hydrogen-bond acceptors (Lipinski definition) is 5. The van der Waals surface area contributed by atoms with Gasteiger partial charge in [0.05, 0.1) is 36.7 Å². The molecule has 5 heteroatoms. The largest absolute Gasteiger partial charge is 0.497 e. The highest BCUT2D eigenvalue weighted by Gasteiger charge is 2.34. The number of anilines is 1. The summed E-state index contributed by atoms with van der Waals surface area (Å²) >= 11 is 0. The second kappa shape index (κ2) is 5.70. The molecule has 0 radical (unpaired) electrons. The lowest BCUT2D eigenvalue weighted by atomic mass is 10.0. The van der Waals surface area contributed by atoms with Gasteiger partial charge in [-0.25, -0.2) is 0 Å². The molecule has 0 aliphatic carbocycles. The quantitative estimate of drug-likeness (QED) is 0.907. The predicted molar refractivity (Wildman–Crippen MR) is 76.0 cm³/mol. The maximum atomic E-state index is 9.37. The molecule has 1 N–H and O–H groups in total. The number of ether oxygens (including phenoxy) is 2. The molecule has 0 saturated carbocycles. The molecule has 1 fully saturated rings. The van der Waals surface area contributed by atoms with E-state index in [2.05, 4.69) is 11.0 Å². The van der Waals surface area contributed by atoms with Crippen molar-refractivity contribution < 1.29 is 14.6 Å². The van der Waals surface area contributed by atoms with Crippen LogP contribution in [0, 0.1) is 11.3 Å². The molecule has 1 heterocycles. The average Bonchev–Trinajstić information content (AvgIpc) is 2.44. The third kappa shape index (κ3) is 3.03. The van der Waals surface area contributed by atoms with E-state index in [-0.39, 0.29) is 18.3 Å². The summed E-state index contributed by atoms with van der Waals surface area (Å²) in [5.41, 5.74) is 1.04. The summed E-state index contributed by atoms with van der Waals surface area (Å²) in [5.74, 6) is 0.712. The number of morpholine rings is 1. The lowest BCUT2D eigenvalue weighted by Gasteiger charge is -2.43. The van der Waals surface area contributed by atoms with Crippen LogP contribution in [0.25, 0.3) is 0 Å². The van der Waals surface area contributed by atoms with E-state index in [0.717, 1.165) is 5.69 Å². The Morgan fingerprint density at radius 2 is 2.30 bits per heavy atom. The molecule has 1 aromatic carbocycles. The van der Waals surface area contributed by atoms with Gasteiger partial charge >= 0.3 is 0 Å². The minimum Gasteiger partial charge on any atom is -0.497 e. The molecule has 1 atom stereocenters. The topological polar surface area (TPSA) is 65.7 Å². The van der Waals surface area contributed by atoms with Gasteiger partial charge in [-0.05, 0) is 26.0 Å². The first-order valence-corrected chi connectivity index (χ1v) is 6.61. The Bertz CT molecular complexity index is 522.